The van der Waals surface area contributed by atoms with E-state index in [0.29, 0.717) is 23.6 Å². The third-order valence-corrected chi connectivity index (χ3v) is 5.85. The molecule has 0 amide bonds. The molecule has 4 rings (SSSR count). The zero-order valence-electron chi connectivity index (χ0n) is 12.3. The molecular weight excluding hydrogens is 250 g/mol. The van der Waals surface area contributed by atoms with Crippen molar-refractivity contribution in [3.8, 4) is 0 Å². The lowest BCUT2D eigenvalue weighted by molar-refractivity contribution is -0.178. The third-order valence-electron chi connectivity index (χ3n) is 5.85. The first-order chi connectivity index (χ1) is 9.79. The average molecular weight is 275 g/mol. The summed E-state index contributed by atoms with van der Waals surface area (Å²) in [4.78, 5) is 0. The topological polar surface area (TPSA) is 39.1 Å². The average Bonchev–Trinajstić information content (AvgIpc) is 3.02. The highest BCUT2D eigenvalue weighted by Crippen LogP contribution is 2.62. The van der Waals surface area contributed by atoms with E-state index in [-0.39, 0.29) is 0 Å². The van der Waals surface area contributed by atoms with Crippen molar-refractivity contribution in [3.05, 3.63) is 18.5 Å². The van der Waals surface area contributed by atoms with Crippen molar-refractivity contribution >= 4 is 0 Å². The first-order valence-corrected chi connectivity index (χ1v) is 8.15. The number of fused-ring (bicyclic) bond motifs is 2. The minimum Gasteiger partial charge on any atom is -0.377 e. The summed E-state index contributed by atoms with van der Waals surface area (Å²) >= 11 is 0. The van der Waals surface area contributed by atoms with Crippen molar-refractivity contribution in [2.24, 2.45) is 11.3 Å². The van der Waals surface area contributed by atoms with E-state index < -0.39 is 0 Å². The van der Waals surface area contributed by atoms with Gasteiger partial charge in [-0.05, 0) is 38.7 Å². The molecule has 1 aliphatic heterocycles. The van der Waals surface area contributed by atoms with Crippen molar-refractivity contribution in [1.29, 1.82) is 0 Å². The van der Waals surface area contributed by atoms with E-state index in [1.54, 1.807) is 0 Å². The Morgan fingerprint density at radius 2 is 2.40 bits per heavy atom. The fraction of sp³-hybridized carbons (Fsp3) is 0.812. The summed E-state index contributed by atoms with van der Waals surface area (Å²) in [5.41, 5.74) is 0.501. The second-order valence-electron chi connectivity index (χ2n) is 6.93. The summed E-state index contributed by atoms with van der Waals surface area (Å²) in [5.74, 6) is 0.780. The normalized spacial score (nSPS) is 35.4. The van der Waals surface area contributed by atoms with Crippen LogP contribution in [0, 0.1) is 11.3 Å². The highest BCUT2D eigenvalue weighted by Gasteiger charge is 2.66. The van der Waals surface area contributed by atoms with Crippen LogP contribution in [0.3, 0.4) is 0 Å². The molecule has 4 unspecified atom stereocenters. The summed E-state index contributed by atoms with van der Waals surface area (Å²) in [6.07, 6.45) is 11.0. The van der Waals surface area contributed by atoms with Crippen LogP contribution in [0.5, 0.6) is 0 Å². The Bertz CT molecular complexity index is 454. The van der Waals surface area contributed by atoms with Crippen molar-refractivity contribution in [1.82, 2.24) is 15.1 Å². The van der Waals surface area contributed by atoms with Crippen LogP contribution < -0.4 is 5.32 Å². The summed E-state index contributed by atoms with van der Waals surface area (Å²) in [5, 5.41) is 8.20. The molecule has 4 nitrogen and oxygen atoms in total. The smallest absolute Gasteiger partial charge is 0.0690 e. The molecule has 4 heteroatoms. The van der Waals surface area contributed by atoms with Crippen molar-refractivity contribution in [2.45, 2.75) is 63.8 Å². The lowest BCUT2D eigenvalue weighted by Gasteiger charge is -2.64. The maximum Gasteiger partial charge on any atom is 0.0690 e. The first-order valence-electron chi connectivity index (χ1n) is 8.15. The molecule has 0 radical (unpaired) electrons. The number of aryl methyl sites for hydroxylation is 1. The van der Waals surface area contributed by atoms with Gasteiger partial charge in [-0.15, -0.1) is 0 Å². The quantitative estimate of drug-likeness (QED) is 0.895. The number of aromatic nitrogens is 2. The summed E-state index contributed by atoms with van der Waals surface area (Å²) < 4.78 is 8.01. The van der Waals surface area contributed by atoms with Gasteiger partial charge in [-0.25, -0.2) is 0 Å². The van der Waals surface area contributed by atoms with Crippen LogP contribution in [0.4, 0.5) is 0 Å². The van der Waals surface area contributed by atoms with Crippen LogP contribution in [0.25, 0.3) is 0 Å². The van der Waals surface area contributed by atoms with Crippen LogP contribution in [0.15, 0.2) is 18.5 Å². The van der Waals surface area contributed by atoms with Gasteiger partial charge in [0.25, 0.3) is 0 Å². The predicted molar refractivity (Wildman–Crippen MR) is 77.4 cm³/mol. The minimum absolute atomic E-state index is 0.501. The Kier molecular flexibility index (Phi) is 3.11. The van der Waals surface area contributed by atoms with E-state index in [0.717, 1.165) is 25.5 Å². The molecule has 1 spiro atoms. The molecule has 110 valence electrons. The largest absolute Gasteiger partial charge is 0.377 e. The van der Waals surface area contributed by atoms with Gasteiger partial charge in [-0.3, -0.25) is 4.68 Å². The van der Waals surface area contributed by atoms with Crippen molar-refractivity contribution < 1.29 is 4.74 Å². The highest BCUT2D eigenvalue weighted by atomic mass is 16.5. The summed E-state index contributed by atoms with van der Waals surface area (Å²) in [6, 6.07) is 3.26. The van der Waals surface area contributed by atoms with E-state index in [1.807, 2.05) is 23.1 Å². The first kappa shape index (κ1) is 12.8. The van der Waals surface area contributed by atoms with Crippen molar-refractivity contribution in [2.75, 3.05) is 6.61 Å². The van der Waals surface area contributed by atoms with Crippen molar-refractivity contribution in [3.63, 3.8) is 0 Å². The van der Waals surface area contributed by atoms with E-state index >= 15 is 0 Å². The van der Waals surface area contributed by atoms with Crippen LogP contribution in [-0.2, 0) is 11.3 Å². The zero-order chi connectivity index (χ0) is 13.6. The molecule has 1 saturated heterocycles. The van der Waals surface area contributed by atoms with Gasteiger partial charge in [0.05, 0.1) is 6.10 Å². The monoisotopic (exact) mass is 275 g/mol. The van der Waals surface area contributed by atoms with E-state index in [2.05, 4.69) is 17.3 Å². The molecule has 2 aliphatic carbocycles. The van der Waals surface area contributed by atoms with Gasteiger partial charge in [-0.2, -0.15) is 5.10 Å². The van der Waals surface area contributed by atoms with E-state index in [9.17, 15) is 0 Å². The number of ether oxygens (including phenoxy) is 1. The lowest BCUT2D eigenvalue weighted by atomic mass is 9.46. The molecule has 0 aromatic carbocycles. The maximum absolute atomic E-state index is 5.99. The molecule has 1 aromatic rings. The molecule has 3 fully saturated rings. The lowest BCUT2D eigenvalue weighted by Crippen LogP contribution is -2.72. The fourth-order valence-electron chi connectivity index (χ4n) is 4.64. The second kappa shape index (κ2) is 4.85. The van der Waals surface area contributed by atoms with Gasteiger partial charge in [0.2, 0.25) is 0 Å². The zero-order valence-corrected chi connectivity index (χ0v) is 12.3. The number of nitrogens with one attached hydrogen (secondary N) is 1. The Morgan fingerprint density at radius 3 is 3.10 bits per heavy atom. The van der Waals surface area contributed by atoms with Gasteiger partial charge >= 0.3 is 0 Å². The van der Waals surface area contributed by atoms with Gasteiger partial charge < -0.3 is 10.1 Å². The molecule has 1 aromatic heterocycles. The van der Waals surface area contributed by atoms with Gasteiger partial charge in [0.1, 0.15) is 0 Å². The Morgan fingerprint density at radius 1 is 1.50 bits per heavy atom. The SMILES string of the molecule is CC(CCn1cccn1)NC1C2CCOC2C12CCC2. The molecule has 2 saturated carbocycles. The molecule has 3 aliphatic rings. The molecule has 0 bridgehead atoms. The molecule has 4 atom stereocenters. The van der Waals surface area contributed by atoms with Gasteiger partial charge in [0, 0.05) is 49.0 Å². The van der Waals surface area contributed by atoms with Crippen LogP contribution in [0.1, 0.15) is 39.0 Å². The number of hydrogen-bond donors (Lipinski definition) is 1. The summed E-state index contributed by atoms with van der Waals surface area (Å²) in [7, 11) is 0. The molecule has 2 heterocycles. The summed E-state index contributed by atoms with van der Waals surface area (Å²) in [6.45, 7) is 4.31. The maximum atomic E-state index is 5.99. The number of rotatable bonds is 5. The van der Waals surface area contributed by atoms with E-state index in [1.165, 1.54) is 25.7 Å². The Labute approximate surface area is 120 Å². The predicted octanol–water partition coefficient (Wildman–Crippen LogP) is 2.21. The third kappa shape index (κ3) is 1.85. The second-order valence-corrected chi connectivity index (χ2v) is 6.93. The van der Waals surface area contributed by atoms with Gasteiger partial charge in [-0.1, -0.05) is 6.42 Å². The molecule has 20 heavy (non-hydrogen) atoms. The Hall–Kier alpha value is -0.870. The van der Waals surface area contributed by atoms with Crippen LogP contribution >= 0.6 is 0 Å². The minimum atomic E-state index is 0.501. The van der Waals surface area contributed by atoms with E-state index in [4.69, 9.17) is 4.74 Å². The number of nitrogens with zero attached hydrogens (tertiary/aromatic N) is 2. The fourth-order valence-corrected chi connectivity index (χ4v) is 4.64. The van der Waals surface area contributed by atoms with Gasteiger partial charge in [0.15, 0.2) is 0 Å². The van der Waals surface area contributed by atoms with Crippen LogP contribution in [0.2, 0.25) is 0 Å². The Balaban J connectivity index is 1.34. The highest BCUT2D eigenvalue weighted by molar-refractivity contribution is 5.18. The van der Waals surface area contributed by atoms with Crippen LogP contribution in [-0.4, -0.2) is 34.6 Å². The standard InChI is InChI=1S/C16H25N3O/c1-12(4-10-19-9-3-8-17-19)18-14-13-5-11-20-15(13)16(14)6-2-7-16/h3,8-9,12-15,18H,2,4-7,10-11H2,1H3. The molecular formula is C16H25N3O. The molecule has 1 N–H and O–H groups in total. The number of hydrogen-bond acceptors (Lipinski definition) is 3.